The highest BCUT2D eigenvalue weighted by atomic mass is 16.6. The molecular formula is C20H30O3. The molecule has 2 fully saturated rings. The Morgan fingerprint density at radius 1 is 1.48 bits per heavy atom. The third kappa shape index (κ3) is 2.31. The average molecular weight is 318 g/mol. The van der Waals surface area contributed by atoms with Crippen LogP contribution < -0.4 is 0 Å². The van der Waals surface area contributed by atoms with Gasteiger partial charge in [0.15, 0.2) is 0 Å². The molecule has 1 saturated heterocycles. The zero-order chi connectivity index (χ0) is 17.0. The molecule has 3 nitrogen and oxygen atoms in total. The van der Waals surface area contributed by atoms with E-state index < -0.39 is 0 Å². The van der Waals surface area contributed by atoms with E-state index in [1.165, 1.54) is 5.57 Å². The van der Waals surface area contributed by atoms with Gasteiger partial charge in [0.05, 0.1) is 0 Å². The Morgan fingerprint density at radius 2 is 2.17 bits per heavy atom. The zero-order valence-corrected chi connectivity index (χ0v) is 15.3. The average Bonchev–Trinajstić information content (AvgIpc) is 3.14. The van der Waals surface area contributed by atoms with Gasteiger partial charge >= 0.3 is 5.97 Å². The second kappa shape index (κ2) is 5.47. The summed E-state index contributed by atoms with van der Waals surface area (Å²) in [5.41, 5.74) is 1.71. The van der Waals surface area contributed by atoms with Crippen molar-refractivity contribution in [1.29, 1.82) is 0 Å². The number of carbonyl (C=O) groups is 1. The second-order valence-corrected chi connectivity index (χ2v) is 8.09. The topological polar surface area (TPSA) is 38.8 Å². The fourth-order valence-electron chi connectivity index (χ4n) is 5.00. The van der Waals surface area contributed by atoms with Gasteiger partial charge in [-0.25, -0.2) is 4.79 Å². The van der Waals surface area contributed by atoms with Crippen LogP contribution in [0.15, 0.2) is 23.3 Å². The summed E-state index contributed by atoms with van der Waals surface area (Å²) in [6.45, 7) is 12.6. The van der Waals surface area contributed by atoms with Crippen LogP contribution in [-0.2, 0) is 14.3 Å². The van der Waals surface area contributed by atoms with Crippen LogP contribution in [0.4, 0.5) is 0 Å². The summed E-state index contributed by atoms with van der Waals surface area (Å²) in [5, 5.41) is 0. The molecule has 1 spiro atoms. The molecule has 0 bridgehead atoms. The predicted molar refractivity (Wildman–Crippen MR) is 91.0 cm³/mol. The van der Waals surface area contributed by atoms with Gasteiger partial charge in [0.25, 0.3) is 0 Å². The molecule has 3 heteroatoms. The lowest BCUT2D eigenvalue weighted by atomic mass is 9.59. The van der Waals surface area contributed by atoms with E-state index in [1.54, 1.807) is 0 Å². The molecule has 0 N–H and O–H groups in total. The van der Waals surface area contributed by atoms with Crippen LogP contribution in [0.5, 0.6) is 0 Å². The fraction of sp³-hybridized carbons (Fsp3) is 0.750. The van der Waals surface area contributed by atoms with E-state index in [0.717, 1.165) is 19.3 Å². The Morgan fingerprint density at radius 3 is 2.78 bits per heavy atom. The minimum absolute atomic E-state index is 0.0494. The number of hydrogen-bond donors (Lipinski definition) is 0. The summed E-state index contributed by atoms with van der Waals surface area (Å²) in [6, 6.07) is 0. The Kier molecular flexibility index (Phi) is 3.99. The molecule has 2 aliphatic carbocycles. The number of allylic oxidation sites excluding steroid dienone is 1. The largest absolute Gasteiger partial charge is 0.458 e. The monoisotopic (exact) mass is 318 g/mol. The summed E-state index contributed by atoms with van der Waals surface area (Å²) >= 11 is 0. The van der Waals surface area contributed by atoms with Gasteiger partial charge in [-0.15, -0.1) is 0 Å². The number of rotatable bonds is 3. The fourth-order valence-corrected chi connectivity index (χ4v) is 5.00. The Bertz CT molecular complexity index is 573. The smallest absolute Gasteiger partial charge is 0.333 e. The van der Waals surface area contributed by atoms with Crippen molar-refractivity contribution >= 4 is 5.97 Å². The van der Waals surface area contributed by atoms with Crippen molar-refractivity contribution in [1.82, 2.24) is 0 Å². The van der Waals surface area contributed by atoms with Crippen molar-refractivity contribution in [2.75, 3.05) is 0 Å². The summed E-state index contributed by atoms with van der Waals surface area (Å²) in [4.78, 5) is 12.3. The van der Waals surface area contributed by atoms with E-state index >= 15 is 0 Å². The maximum absolute atomic E-state index is 12.3. The van der Waals surface area contributed by atoms with E-state index in [-0.39, 0.29) is 29.2 Å². The first-order valence-electron chi connectivity index (χ1n) is 9.00. The first kappa shape index (κ1) is 16.8. The van der Waals surface area contributed by atoms with Gasteiger partial charge in [-0.3, -0.25) is 0 Å². The minimum Gasteiger partial charge on any atom is -0.458 e. The Labute approximate surface area is 140 Å². The highest BCUT2D eigenvalue weighted by molar-refractivity contribution is 5.87. The molecule has 1 heterocycles. The quantitative estimate of drug-likeness (QED) is 0.334. The SMILES string of the molecule is CC=C(C)C(=O)OC1CC(C)=CC23OC2(C(C)C)CCC(C)C13. The number of carbonyl (C=O) groups excluding carboxylic acids is 1. The van der Waals surface area contributed by atoms with Gasteiger partial charge < -0.3 is 9.47 Å². The van der Waals surface area contributed by atoms with E-state index in [2.05, 4.69) is 33.8 Å². The summed E-state index contributed by atoms with van der Waals surface area (Å²) < 4.78 is 12.4. The van der Waals surface area contributed by atoms with Crippen LogP contribution in [0.1, 0.15) is 60.8 Å². The molecule has 0 amide bonds. The molecule has 5 unspecified atom stereocenters. The molecule has 5 atom stereocenters. The predicted octanol–water partition coefficient (Wildman–Crippen LogP) is 4.42. The lowest BCUT2D eigenvalue weighted by Crippen LogP contribution is -2.51. The summed E-state index contributed by atoms with van der Waals surface area (Å²) in [7, 11) is 0. The van der Waals surface area contributed by atoms with Crippen molar-refractivity contribution in [3.63, 3.8) is 0 Å². The highest BCUT2D eigenvalue weighted by Crippen LogP contribution is 2.68. The number of ether oxygens (including phenoxy) is 2. The molecule has 0 radical (unpaired) electrons. The normalized spacial score (nSPS) is 42.7. The van der Waals surface area contributed by atoms with Crippen molar-refractivity contribution in [2.45, 2.75) is 78.1 Å². The van der Waals surface area contributed by atoms with Crippen molar-refractivity contribution in [3.8, 4) is 0 Å². The van der Waals surface area contributed by atoms with Gasteiger partial charge in [-0.2, -0.15) is 0 Å². The van der Waals surface area contributed by atoms with Gasteiger partial charge in [0.1, 0.15) is 17.3 Å². The molecule has 3 aliphatic rings. The Balaban J connectivity index is 1.93. The lowest BCUT2D eigenvalue weighted by molar-refractivity contribution is -0.150. The number of esters is 1. The van der Waals surface area contributed by atoms with Crippen molar-refractivity contribution < 1.29 is 14.3 Å². The maximum Gasteiger partial charge on any atom is 0.333 e. The zero-order valence-electron chi connectivity index (χ0n) is 15.3. The molecule has 0 aromatic heterocycles. The van der Waals surface area contributed by atoms with Crippen LogP contribution in [0.25, 0.3) is 0 Å². The van der Waals surface area contributed by atoms with Crippen molar-refractivity contribution in [2.24, 2.45) is 17.8 Å². The van der Waals surface area contributed by atoms with Gasteiger partial charge in [0, 0.05) is 17.9 Å². The van der Waals surface area contributed by atoms with Gasteiger partial charge in [-0.1, -0.05) is 38.5 Å². The van der Waals surface area contributed by atoms with Crippen molar-refractivity contribution in [3.05, 3.63) is 23.3 Å². The van der Waals surface area contributed by atoms with Crippen LogP contribution >= 0.6 is 0 Å². The van der Waals surface area contributed by atoms with E-state index in [1.807, 2.05) is 19.9 Å². The summed E-state index contributed by atoms with van der Waals surface area (Å²) in [5.74, 6) is 1.08. The van der Waals surface area contributed by atoms with E-state index in [4.69, 9.17) is 9.47 Å². The highest BCUT2D eigenvalue weighted by Gasteiger charge is 2.77. The molecule has 23 heavy (non-hydrogen) atoms. The first-order chi connectivity index (χ1) is 10.8. The first-order valence-corrected chi connectivity index (χ1v) is 9.00. The number of epoxide rings is 1. The second-order valence-electron chi connectivity index (χ2n) is 8.09. The van der Waals surface area contributed by atoms with Gasteiger partial charge in [0.2, 0.25) is 0 Å². The molecule has 0 aromatic rings. The van der Waals surface area contributed by atoms with Crippen LogP contribution in [0.2, 0.25) is 0 Å². The molecule has 128 valence electrons. The van der Waals surface area contributed by atoms with E-state index in [9.17, 15) is 4.79 Å². The number of hydrogen-bond acceptors (Lipinski definition) is 3. The molecule has 0 aromatic carbocycles. The van der Waals surface area contributed by atoms with Crippen LogP contribution in [0, 0.1) is 17.8 Å². The van der Waals surface area contributed by atoms with Crippen LogP contribution in [0.3, 0.4) is 0 Å². The molecular weight excluding hydrogens is 288 g/mol. The summed E-state index contributed by atoms with van der Waals surface area (Å²) in [6.07, 6.45) is 7.18. The third-order valence-electron chi connectivity index (χ3n) is 6.38. The lowest BCUT2D eigenvalue weighted by Gasteiger charge is -2.44. The third-order valence-corrected chi connectivity index (χ3v) is 6.38. The molecule has 1 aliphatic heterocycles. The molecule has 3 rings (SSSR count). The molecule has 1 saturated carbocycles. The maximum atomic E-state index is 12.3. The van der Waals surface area contributed by atoms with E-state index in [0.29, 0.717) is 17.4 Å². The standard InChI is InChI=1S/C20H30O3/c1-7-14(5)18(21)22-16-10-13(4)11-20-17(16)15(6)8-9-19(20,23-20)12(2)3/h7,11-12,15-17H,8-10H2,1-6H3. The Hall–Kier alpha value is -1.09. The van der Waals surface area contributed by atoms with Gasteiger partial charge in [-0.05, 0) is 45.4 Å². The minimum atomic E-state index is -0.212. The van der Waals surface area contributed by atoms with Crippen LogP contribution in [-0.4, -0.2) is 23.3 Å².